The Bertz CT molecular complexity index is 154. The van der Waals surface area contributed by atoms with Crippen molar-refractivity contribution in [2.75, 3.05) is 6.54 Å². The molecule has 0 aliphatic carbocycles. The number of ether oxygens (including phenoxy) is 1. The SMILES string of the molecule is CC(C)(C)OC(=O)CCCCNCl. The number of hydrogen-bond acceptors (Lipinski definition) is 3. The number of halogens is 1. The van der Waals surface area contributed by atoms with E-state index in [1.165, 1.54) is 0 Å². The monoisotopic (exact) mass is 207 g/mol. The van der Waals surface area contributed by atoms with Gasteiger partial charge in [-0.05, 0) is 45.4 Å². The summed E-state index contributed by atoms with van der Waals surface area (Å²) in [5, 5.41) is 0. The molecule has 0 heterocycles. The van der Waals surface area contributed by atoms with Gasteiger partial charge in [0.25, 0.3) is 0 Å². The minimum absolute atomic E-state index is 0.137. The Kier molecular flexibility index (Phi) is 6.08. The quantitative estimate of drug-likeness (QED) is 0.427. The minimum atomic E-state index is -0.373. The van der Waals surface area contributed by atoms with Gasteiger partial charge in [0, 0.05) is 13.0 Å². The van der Waals surface area contributed by atoms with E-state index >= 15 is 0 Å². The summed E-state index contributed by atoms with van der Waals surface area (Å²) < 4.78 is 5.13. The summed E-state index contributed by atoms with van der Waals surface area (Å²) in [5.74, 6) is -0.137. The molecular formula is C9H18ClNO2. The van der Waals surface area contributed by atoms with Crippen molar-refractivity contribution in [3.05, 3.63) is 0 Å². The van der Waals surface area contributed by atoms with E-state index < -0.39 is 0 Å². The Balaban J connectivity index is 3.41. The maximum atomic E-state index is 11.1. The number of rotatable bonds is 5. The molecule has 0 aromatic rings. The third-order valence-corrected chi connectivity index (χ3v) is 1.51. The molecular weight excluding hydrogens is 190 g/mol. The molecule has 1 N–H and O–H groups in total. The number of esters is 1. The molecule has 0 atom stereocenters. The highest BCUT2D eigenvalue weighted by atomic mass is 35.5. The molecule has 0 aliphatic heterocycles. The highest BCUT2D eigenvalue weighted by molar-refractivity contribution is 6.13. The second-order valence-electron chi connectivity index (χ2n) is 3.93. The molecule has 4 heteroatoms. The number of unbranched alkanes of at least 4 members (excludes halogenated alkanes) is 1. The van der Waals surface area contributed by atoms with Gasteiger partial charge in [0.2, 0.25) is 0 Å². The number of hydrogen-bond donors (Lipinski definition) is 1. The van der Waals surface area contributed by atoms with Crippen molar-refractivity contribution in [3.8, 4) is 0 Å². The van der Waals surface area contributed by atoms with E-state index in [2.05, 4.69) is 4.84 Å². The Labute approximate surface area is 84.9 Å². The van der Waals surface area contributed by atoms with Gasteiger partial charge in [-0.15, -0.1) is 0 Å². The Morgan fingerprint density at radius 1 is 1.38 bits per heavy atom. The van der Waals surface area contributed by atoms with Crippen LogP contribution in [0.3, 0.4) is 0 Å². The normalized spacial score (nSPS) is 11.4. The predicted molar refractivity (Wildman–Crippen MR) is 53.6 cm³/mol. The molecule has 0 aromatic carbocycles. The van der Waals surface area contributed by atoms with E-state index in [0.29, 0.717) is 6.42 Å². The van der Waals surface area contributed by atoms with Gasteiger partial charge in [-0.2, -0.15) is 0 Å². The van der Waals surface area contributed by atoms with Gasteiger partial charge >= 0.3 is 5.97 Å². The van der Waals surface area contributed by atoms with Gasteiger partial charge < -0.3 is 4.74 Å². The van der Waals surface area contributed by atoms with Crippen molar-refractivity contribution in [2.24, 2.45) is 0 Å². The molecule has 13 heavy (non-hydrogen) atoms. The smallest absolute Gasteiger partial charge is 0.306 e. The first-order valence-corrected chi connectivity index (χ1v) is 4.89. The lowest BCUT2D eigenvalue weighted by molar-refractivity contribution is -0.154. The fraction of sp³-hybridized carbons (Fsp3) is 0.889. The average molecular weight is 208 g/mol. The van der Waals surface area contributed by atoms with Crippen molar-refractivity contribution in [1.82, 2.24) is 4.84 Å². The number of carbonyl (C=O) groups excluding carboxylic acids is 1. The second-order valence-corrected chi connectivity index (χ2v) is 4.19. The third-order valence-electron chi connectivity index (χ3n) is 1.32. The second kappa shape index (κ2) is 6.22. The van der Waals surface area contributed by atoms with Crippen LogP contribution in [0.5, 0.6) is 0 Å². The standard InChI is InChI=1S/C9H18ClNO2/c1-9(2,3)13-8(12)6-4-5-7-11-10/h11H,4-7H2,1-3H3. The highest BCUT2D eigenvalue weighted by Crippen LogP contribution is 2.09. The van der Waals surface area contributed by atoms with Crippen LogP contribution in [0.2, 0.25) is 0 Å². The largest absolute Gasteiger partial charge is 0.460 e. The van der Waals surface area contributed by atoms with Crippen LogP contribution in [0, 0.1) is 0 Å². The fourth-order valence-corrected chi connectivity index (χ4v) is 0.987. The molecule has 0 fully saturated rings. The van der Waals surface area contributed by atoms with Gasteiger partial charge in [0.05, 0.1) is 0 Å². The molecule has 0 bridgehead atoms. The maximum absolute atomic E-state index is 11.1. The molecule has 0 spiro atoms. The minimum Gasteiger partial charge on any atom is -0.460 e. The third kappa shape index (κ3) is 9.64. The van der Waals surface area contributed by atoms with Crippen LogP contribution >= 0.6 is 11.8 Å². The predicted octanol–water partition coefficient (Wildman–Crippen LogP) is 2.24. The van der Waals surface area contributed by atoms with Crippen LogP contribution in [0.25, 0.3) is 0 Å². The molecule has 3 nitrogen and oxygen atoms in total. The summed E-state index contributed by atoms with van der Waals surface area (Å²) in [6.45, 7) is 6.33. The zero-order valence-corrected chi connectivity index (χ0v) is 9.28. The van der Waals surface area contributed by atoms with Crippen molar-refractivity contribution in [1.29, 1.82) is 0 Å². The van der Waals surface area contributed by atoms with Gasteiger partial charge in [0.15, 0.2) is 0 Å². The lowest BCUT2D eigenvalue weighted by atomic mass is 10.2. The van der Waals surface area contributed by atoms with E-state index in [4.69, 9.17) is 16.5 Å². The molecule has 0 aromatic heterocycles. The Morgan fingerprint density at radius 2 is 2.00 bits per heavy atom. The highest BCUT2D eigenvalue weighted by Gasteiger charge is 2.15. The maximum Gasteiger partial charge on any atom is 0.306 e. The number of nitrogens with one attached hydrogen (secondary N) is 1. The molecule has 0 saturated heterocycles. The zero-order valence-electron chi connectivity index (χ0n) is 8.52. The van der Waals surface area contributed by atoms with E-state index in [1.807, 2.05) is 20.8 Å². The molecule has 0 aliphatic rings. The topological polar surface area (TPSA) is 38.3 Å². The van der Waals surface area contributed by atoms with Crippen LogP contribution < -0.4 is 4.84 Å². The molecule has 0 saturated carbocycles. The van der Waals surface area contributed by atoms with Crippen molar-refractivity contribution >= 4 is 17.7 Å². The van der Waals surface area contributed by atoms with Gasteiger partial charge in [0.1, 0.15) is 5.60 Å². The van der Waals surface area contributed by atoms with Gasteiger partial charge in [-0.1, -0.05) is 0 Å². The van der Waals surface area contributed by atoms with Crippen LogP contribution in [0.15, 0.2) is 0 Å². The summed E-state index contributed by atoms with van der Waals surface area (Å²) in [6.07, 6.45) is 2.17. The van der Waals surface area contributed by atoms with Crippen molar-refractivity contribution in [3.63, 3.8) is 0 Å². The first-order chi connectivity index (χ1) is 5.95. The molecule has 78 valence electrons. The zero-order chi connectivity index (χ0) is 10.3. The van der Waals surface area contributed by atoms with Crippen LogP contribution in [-0.2, 0) is 9.53 Å². The first kappa shape index (κ1) is 12.7. The first-order valence-electron chi connectivity index (χ1n) is 4.51. The summed E-state index contributed by atoms with van der Waals surface area (Å²) in [6, 6.07) is 0. The Hall–Kier alpha value is -0.280. The van der Waals surface area contributed by atoms with E-state index in [0.717, 1.165) is 19.4 Å². The summed E-state index contributed by atoms with van der Waals surface area (Å²) in [7, 11) is 0. The summed E-state index contributed by atoms with van der Waals surface area (Å²) >= 11 is 5.26. The van der Waals surface area contributed by atoms with Crippen molar-refractivity contribution < 1.29 is 9.53 Å². The molecule has 0 radical (unpaired) electrons. The van der Waals surface area contributed by atoms with E-state index in [9.17, 15) is 4.79 Å². The van der Waals surface area contributed by atoms with Crippen LogP contribution in [-0.4, -0.2) is 18.1 Å². The molecule has 0 amide bonds. The lowest BCUT2D eigenvalue weighted by Crippen LogP contribution is -2.23. The molecule has 0 unspecified atom stereocenters. The Morgan fingerprint density at radius 3 is 2.46 bits per heavy atom. The summed E-state index contributed by atoms with van der Waals surface area (Å²) in [4.78, 5) is 13.7. The number of carbonyl (C=O) groups is 1. The van der Waals surface area contributed by atoms with Crippen molar-refractivity contribution in [2.45, 2.75) is 45.6 Å². The average Bonchev–Trinajstić information content (AvgIpc) is 1.94. The van der Waals surface area contributed by atoms with E-state index in [-0.39, 0.29) is 11.6 Å². The fourth-order valence-electron chi connectivity index (χ4n) is 0.854. The molecule has 0 rings (SSSR count). The van der Waals surface area contributed by atoms with Gasteiger partial charge in [-0.25, -0.2) is 4.84 Å². The summed E-state index contributed by atoms with van der Waals surface area (Å²) in [5.41, 5.74) is -0.373. The lowest BCUT2D eigenvalue weighted by Gasteiger charge is -2.19. The van der Waals surface area contributed by atoms with Gasteiger partial charge in [-0.3, -0.25) is 4.79 Å². The van der Waals surface area contributed by atoms with E-state index in [1.54, 1.807) is 0 Å². The van der Waals surface area contributed by atoms with Crippen LogP contribution in [0.4, 0.5) is 0 Å². The van der Waals surface area contributed by atoms with Crippen LogP contribution in [0.1, 0.15) is 40.0 Å².